The van der Waals surface area contributed by atoms with Crippen LogP contribution < -0.4 is 0 Å². The van der Waals surface area contributed by atoms with Gasteiger partial charge in [-0.1, -0.05) is 30.3 Å². The molecule has 1 aliphatic rings. The zero-order valence-corrected chi connectivity index (χ0v) is 13.9. The van der Waals surface area contributed by atoms with E-state index in [4.69, 9.17) is 9.84 Å². The van der Waals surface area contributed by atoms with Gasteiger partial charge in [-0.25, -0.2) is 4.98 Å². The second-order valence-corrected chi connectivity index (χ2v) is 6.56. The molecule has 0 bridgehead atoms. The van der Waals surface area contributed by atoms with Gasteiger partial charge in [0.25, 0.3) is 5.91 Å². The lowest BCUT2D eigenvalue weighted by atomic mass is 10.1. The average molecular weight is 346 g/mol. The molecule has 2 aromatic rings. The first-order valence-corrected chi connectivity index (χ1v) is 8.60. The molecule has 0 aliphatic carbocycles. The number of hydrogen-bond donors (Lipinski definition) is 1. The lowest BCUT2D eigenvalue weighted by Crippen LogP contribution is -2.49. The zero-order valence-electron chi connectivity index (χ0n) is 13.1. The van der Waals surface area contributed by atoms with Crippen molar-refractivity contribution in [1.29, 1.82) is 0 Å². The molecule has 1 saturated heterocycles. The molecule has 0 radical (unpaired) electrons. The van der Waals surface area contributed by atoms with Crippen LogP contribution in [-0.4, -0.2) is 52.7 Å². The van der Waals surface area contributed by atoms with Crippen molar-refractivity contribution in [2.24, 2.45) is 0 Å². The molecule has 2 heterocycles. The Labute approximate surface area is 143 Å². The van der Waals surface area contributed by atoms with Crippen LogP contribution in [0, 0.1) is 0 Å². The van der Waals surface area contributed by atoms with E-state index in [1.54, 1.807) is 10.3 Å². The minimum absolute atomic E-state index is 0.118. The maximum absolute atomic E-state index is 12.7. The van der Waals surface area contributed by atoms with Gasteiger partial charge < -0.3 is 14.7 Å². The van der Waals surface area contributed by atoms with Crippen molar-refractivity contribution in [3.05, 3.63) is 52.0 Å². The van der Waals surface area contributed by atoms with Crippen LogP contribution in [0.1, 0.15) is 27.5 Å². The Morgan fingerprint density at radius 1 is 1.33 bits per heavy atom. The molecule has 126 valence electrons. The maximum atomic E-state index is 12.7. The molecular weight excluding hydrogens is 328 g/mol. The normalized spacial score (nSPS) is 17.7. The van der Waals surface area contributed by atoms with Gasteiger partial charge in [0.1, 0.15) is 5.69 Å². The highest BCUT2D eigenvalue weighted by Crippen LogP contribution is 2.19. The Bertz CT molecular complexity index is 716. The Morgan fingerprint density at radius 3 is 2.88 bits per heavy atom. The molecule has 24 heavy (non-hydrogen) atoms. The monoisotopic (exact) mass is 346 g/mol. The largest absolute Gasteiger partial charge is 0.481 e. The number of carboxylic acids is 1. The van der Waals surface area contributed by atoms with E-state index in [0.29, 0.717) is 25.3 Å². The summed E-state index contributed by atoms with van der Waals surface area (Å²) in [6, 6.07) is 9.50. The molecule has 1 atom stereocenters. The number of rotatable bonds is 5. The van der Waals surface area contributed by atoms with Gasteiger partial charge in [-0.2, -0.15) is 0 Å². The van der Waals surface area contributed by atoms with Crippen LogP contribution in [-0.2, 0) is 16.0 Å². The molecule has 6 nitrogen and oxygen atoms in total. The fraction of sp³-hybridized carbons (Fsp3) is 0.353. The predicted molar refractivity (Wildman–Crippen MR) is 89.3 cm³/mol. The van der Waals surface area contributed by atoms with E-state index in [-0.39, 0.29) is 18.9 Å². The van der Waals surface area contributed by atoms with Gasteiger partial charge in [-0.05, 0) is 5.56 Å². The van der Waals surface area contributed by atoms with Gasteiger partial charge >= 0.3 is 5.97 Å². The molecule has 1 N–H and O–H groups in total. The summed E-state index contributed by atoms with van der Waals surface area (Å²) in [6.45, 7) is 1.06. The summed E-state index contributed by atoms with van der Waals surface area (Å²) < 4.78 is 5.31. The van der Waals surface area contributed by atoms with Crippen LogP contribution in [0.2, 0.25) is 0 Å². The van der Waals surface area contributed by atoms with Crippen molar-refractivity contribution in [1.82, 2.24) is 9.88 Å². The summed E-state index contributed by atoms with van der Waals surface area (Å²) >= 11 is 1.45. The standard InChI is InChI=1S/C17H18N2O4S/c20-16(21)9-13-10-23-7-6-19(13)17(22)14-11-24-15(18-14)8-12-4-2-1-3-5-12/h1-5,11,13H,6-10H2,(H,20,21)/t13-/m1/s1. The molecule has 1 amide bonds. The van der Waals surface area contributed by atoms with E-state index < -0.39 is 12.0 Å². The summed E-state index contributed by atoms with van der Waals surface area (Å²) in [6.07, 6.45) is 0.563. The number of carbonyl (C=O) groups is 2. The smallest absolute Gasteiger partial charge is 0.305 e. The van der Waals surface area contributed by atoms with Crippen molar-refractivity contribution in [2.45, 2.75) is 18.9 Å². The van der Waals surface area contributed by atoms with E-state index >= 15 is 0 Å². The minimum atomic E-state index is -0.939. The molecular formula is C17H18N2O4S. The first kappa shape index (κ1) is 16.6. The van der Waals surface area contributed by atoms with Crippen molar-refractivity contribution >= 4 is 23.2 Å². The number of ether oxygens (including phenoxy) is 1. The molecule has 1 aliphatic heterocycles. The van der Waals surface area contributed by atoms with Gasteiger partial charge in [0.15, 0.2) is 0 Å². The van der Waals surface area contributed by atoms with Crippen molar-refractivity contribution in [2.75, 3.05) is 19.8 Å². The van der Waals surface area contributed by atoms with Crippen LogP contribution >= 0.6 is 11.3 Å². The molecule has 1 aromatic carbocycles. The highest BCUT2D eigenvalue weighted by atomic mass is 32.1. The number of carbonyl (C=O) groups excluding carboxylic acids is 1. The minimum Gasteiger partial charge on any atom is -0.481 e. The van der Waals surface area contributed by atoms with Gasteiger partial charge in [0, 0.05) is 18.3 Å². The van der Waals surface area contributed by atoms with Gasteiger partial charge in [0.2, 0.25) is 0 Å². The van der Waals surface area contributed by atoms with E-state index in [1.165, 1.54) is 11.3 Å². The summed E-state index contributed by atoms with van der Waals surface area (Å²) in [5.74, 6) is -1.16. The van der Waals surface area contributed by atoms with Gasteiger partial charge in [-0.15, -0.1) is 11.3 Å². The third-order valence-corrected chi connectivity index (χ3v) is 4.72. The number of aromatic nitrogens is 1. The van der Waals surface area contributed by atoms with Crippen molar-refractivity contribution < 1.29 is 19.4 Å². The van der Waals surface area contributed by atoms with E-state index in [9.17, 15) is 9.59 Å². The third kappa shape index (κ3) is 3.98. The van der Waals surface area contributed by atoms with Gasteiger partial charge in [0.05, 0.1) is 30.7 Å². The van der Waals surface area contributed by atoms with E-state index in [2.05, 4.69) is 4.98 Å². The van der Waals surface area contributed by atoms with E-state index in [1.807, 2.05) is 30.3 Å². The summed E-state index contributed by atoms with van der Waals surface area (Å²) in [4.78, 5) is 29.7. The fourth-order valence-electron chi connectivity index (χ4n) is 2.70. The Hall–Kier alpha value is -2.25. The number of benzene rings is 1. The lowest BCUT2D eigenvalue weighted by molar-refractivity contribution is -0.139. The number of nitrogens with zero attached hydrogens (tertiary/aromatic N) is 2. The zero-order chi connectivity index (χ0) is 16.9. The number of thiazole rings is 1. The quantitative estimate of drug-likeness (QED) is 0.896. The van der Waals surface area contributed by atoms with Crippen LogP contribution in [0.3, 0.4) is 0 Å². The van der Waals surface area contributed by atoms with Crippen LogP contribution in [0.4, 0.5) is 0 Å². The summed E-state index contributed by atoms with van der Waals surface area (Å²) in [5, 5.41) is 11.6. The molecule has 3 rings (SSSR count). The van der Waals surface area contributed by atoms with Gasteiger partial charge in [-0.3, -0.25) is 9.59 Å². The predicted octanol–water partition coefficient (Wildman–Crippen LogP) is 2.05. The molecule has 0 saturated carbocycles. The van der Waals surface area contributed by atoms with Crippen molar-refractivity contribution in [3.63, 3.8) is 0 Å². The number of morpholine rings is 1. The first-order valence-electron chi connectivity index (χ1n) is 7.72. The second-order valence-electron chi connectivity index (χ2n) is 5.61. The Balaban J connectivity index is 1.71. The highest BCUT2D eigenvalue weighted by Gasteiger charge is 2.30. The van der Waals surface area contributed by atoms with Crippen LogP contribution in [0.15, 0.2) is 35.7 Å². The topological polar surface area (TPSA) is 79.7 Å². The Morgan fingerprint density at radius 2 is 2.12 bits per heavy atom. The third-order valence-electron chi connectivity index (χ3n) is 3.87. The first-order chi connectivity index (χ1) is 11.6. The number of amides is 1. The number of hydrogen-bond acceptors (Lipinski definition) is 5. The molecule has 1 aromatic heterocycles. The second kappa shape index (κ2) is 7.55. The Kier molecular flexibility index (Phi) is 5.22. The molecule has 0 unspecified atom stereocenters. The highest BCUT2D eigenvalue weighted by molar-refractivity contribution is 7.09. The number of aliphatic carboxylic acids is 1. The number of carboxylic acid groups (broad SMARTS) is 1. The average Bonchev–Trinajstić information content (AvgIpc) is 3.03. The summed E-state index contributed by atoms with van der Waals surface area (Å²) in [5.41, 5.74) is 1.52. The van der Waals surface area contributed by atoms with Crippen LogP contribution in [0.25, 0.3) is 0 Å². The molecule has 1 fully saturated rings. The molecule has 7 heteroatoms. The lowest BCUT2D eigenvalue weighted by Gasteiger charge is -2.34. The SMILES string of the molecule is O=C(O)C[C@@H]1COCCN1C(=O)c1csc(Cc2ccccc2)n1. The van der Waals surface area contributed by atoms with E-state index in [0.717, 1.165) is 10.6 Å². The molecule has 0 spiro atoms. The summed E-state index contributed by atoms with van der Waals surface area (Å²) in [7, 11) is 0. The van der Waals surface area contributed by atoms with Crippen molar-refractivity contribution in [3.8, 4) is 0 Å². The van der Waals surface area contributed by atoms with Crippen LogP contribution in [0.5, 0.6) is 0 Å². The fourth-order valence-corrected chi connectivity index (χ4v) is 3.50. The maximum Gasteiger partial charge on any atom is 0.305 e.